The summed E-state index contributed by atoms with van der Waals surface area (Å²) < 4.78 is 3.13. The quantitative estimate of drug-likeness (QED) is 0.802. The van der Waals surface area contributed by atoms with Crippen molar-refractivity contribution in [3.63, 3.8) is 0 Å². The summed E-state index contributed by atoms with van der Waals surface area (Å²) in [5.41, 5.74) is 2.81. The molecule has 23 heavy (non-hydrogen) atoms. The molecule has 0 saturated heterocycles. The van der Waals surface area contributed by atoms with Crippen molar-refractivity contribution in [2.24, 2.45) is 0 Å². The number of nitrogens with one attached hydrogen (secondary N) is 1. The van der Waals surface area contributed by atoms with E-state index >= 15 is 0 Å². The van der Waals surface area contributed by atoms with Gasteiger partial charge in [0, 0.05) is 19.0 Å². The van der Waals surface area contributed by atoms with E-state index in [1.807, 2.05) is 22.9 Å². The maximum Gasteiger partial charge on any atom is 0.254 e. The Morgan fingerprint density at radius 1 is 1.43 bits per heavy atom. The molecule has 1 unspecified atom stereocenters. The van der Waals surface area contributed by atoms with Crippen molar-refractivity contribution in [2.75, 3.05) is 6.54 Å². The summed E-state index contributed by atoms with van der Waals surface area (Å²) in [4.78, 5) is 17.1. The molecule has 1 aliphatic rings. The molecule has 0 radical (unpaired) electrons. The average Bonchev–Trinajstić information content (AvgIpc) is 3.25. The Labute approximate surface area is 138 Å². The van der Waals surface area contributed by atoms with Crippen LogP contribution in [0, 0.1) is 0 Å². The van der Waals surface area contributed by atoms with Gasteiger partial charge >= 0.3 is 0 Å². The molecule has 1 atom stereocenters. The number of hydrogen-bond donors (Lipinski definition) is 1. The van der Waals surface area contributed by atoms with Crippen molar-refractivity contribution < 1.29 is 4.79 Å². The van der Waals surface area contributed by atoms with Crippen LogP contribution in [0.5, 0.6) is 0 Å². The summed E-state index contributed by atoms with van der Waals surface area (Å²) in [6.45, 7) is 3.61. The number of nitrogens with zero attached hydrogens (tertiary/aromatic N) is 3. The van der Waals surface area contributed by atoms with Crippen LogP contribution in [0.25, 0.3) is 10.2 Å². The molecule has 0 aliphatic carbocycles. The van der Waals surface area contributed by atoms with Crippen LogP contribution in [0.3, 0.4) is 0 Å². The van der Waals surface area contributed by atoms with Gasteiger partial charge in [0.25, 0.3) is 5.91 Å². The molecule has 5 nitrogen and oxygen atoms in total. The zero-order valence-corrected chi connectivity index (χ0v) is 13.8. The van der Waals surface area contributed by atoms with E-state index in [2.05, 4.69) is 28.4 Å². The molecule has 0 bridgehead atoms. The number of hydrogen-bond acceptors (Lipinski definition) is 4. The number of para-hydroxylation sites is 1. The van der Waals surface area contributed by atoms with Crippen LogP contribution in [0.1, 0.15) is 40.3 Å². The number of aromatic nitrogens is 3. The molecule has 118 valence electrons. The highest BCUT2D eigenvalue weighted by Crippen LogP contribution is 2.27. The van der Waals surface area contributed by atoms with Gasteiger partial charge in [-0.1, -0.05) is 19.1 Å². The first-order chi connectivity index (χ1) is 11.2. The monoisotopic (exact) mass is 326 g/mol. The molecule has 0 saturated carbocycles. The number of carbonyl (C=O) groups excluding carboxylic acids is 1. The van der Waals surface area contributed by atoms with E-state index in [1.165, 1.54) is 4.70 Å². The summed E-state index contributed by atoms with van der Waals surface area (Å²) in [6, 6.07) is 8.13. The molecular weight excluding hydrogens is 308 g/mol. The Morgan fingerprint density at radius 3 is 3.17 bits per heavy atom. The second-order valence-corrected chi connectivity index (χ2v) is 7.02. The van der Waals surface area contributed by atoms with Gasteiger partial charge in [-0.3, -0.25) is 9.48 Å². The molecule has 1 aromatic carbocycles. The predicted molar refractivity (Wildman–Crippen MR) is 90.9 cm³/mol. The normalized spacial score (nSPS) is 14.8. The molecule has 1 aliphatic heterocycles. The van der Waals surface area contributed by atoms with Crippen molar-refractivity contribution in [3.05, 3.63) is 46.7 Å². The van der Waals surface area contributed by atoms with E-state index in [4.69, 9.17) is 0 Å². The van der Waals surface area contributed by atoms with Crippen LogP contribution < -0.4 is 5.32 Å². The van der Waals surface area contributed by atoms with Crippen molar-refractivity contribution in [1.29, 1.82) is 0 Å². The highest BCUT2D eigenvalue weighted by molar-refractivity contribution is 7.18. The number of carbonyl (C=O) groups is 1. The minimum atomic E-state index is -0.0267. The summed E-state index contributed by atoms with van der Waals surface area (Å²) in [7, 11) is 0. The van der Waals surface area contributed by atoms with Gasteiger partial charge < -0.3 is 5.32 Å². The third-order valence-corrected chi connectivity index (χ3v) is 5.55. The maximum absolute atomic E-state index is 12.4. The molecule has 4 rings (SSSR count). The van der Waals surface area contributed by atoms with Crippen LogP contribution in [-0.2, 0) is 13.0 Å². The maximum atomic E-state index is 12.4. The number of benzene rings is 1. The number of fused-ring (bicyclic) bond motifs is 2. The van der Waals surface area contributed by atoms with Crippen LogP contribution in [0.2, 0.25) is 0 Å². The number of thiazole rings is 1. The topological polar surface area (TPSA) is 59.8 Å². The van der Waals surface area contributed by atoms with Crippen LogP contribution in [0.4, 0.5) is 0 Å². The molecule has 2 aromatic heterocycles. The lowest BCUT2D eigenvalue weighted by atomic mass is 10.1. The van der Waals surface area contributed by atoms with Crippen molar-refractivity contribution >= 4 is 27.5 Å². The minimum absolute atomic E-state index is 0.0267. The van der Waals surface area contributed by atoms with Gasteiger partial charge in [0.1, 0.15) is 0 Å². The fourth-order valence-corrected chi connectivity index (χ4v) is 4.00. The van der Waals surface area contributed by atoms with Gasteiger partial charge in [-0.2, -0.15) is 5.10 Å². The fraction of sp³-hybridized carbons (Fsp3) is 0.353. The lowest BCUT2D eigenvalue weighted by molar-refractivity contribution is 0.0951. The molecule has 1 N–H and O–H groups in total. The van der Waals surface area contributed by atoms with Gasteiger partial charge in [0.15, 0.2) is 0 Å². The molecule has 6 heteroatoms. The largest absolute Gasteiger partial charge is 0.351 e. The van der Waals surface area contributed by atoms with Crippen molar-refractivity contribution in [3.8, 4) is 0 Å². The predicted octanol–water partition coefficient (Wildman–Crippen LogP) is 2.97. The molecule has 1 amide bonds. The van der Waals surface area contributed by atoms with Crippen molar-refractivity contribution in [2.45, 2.75) is 32.2 Å². The standard InChI is InChI=1S/C17H18N4OS/c1-11(17-20-13-5-2-3-7-15(13)23-17)9-18-16(22)12-10-19-21-8-4-6-14(12)21/h2-3,5,7,10-11H,4,6,8-9H2,1H3,(H,18,22). The average molecular weight is 326 g/mol. The number of rotatable bonds is 4. The first-order valence-electron chi connectivity index (χ1n) is 7.91. The molecule has 0 fully saturated rings. The summed E-state index contributed by atoms with van der Waals surface area (Å²) in [5, 5.41) is 8.37. The third kappa shape index (κ3) is 2.63. The van der Waals surface area contributed by atoms with Gasteiger partial charge in [-0.15, -0.1) is 11.3 Å². The Morgan fingerprint density at radius 2 is 2.30 bits per heavy atom. The summed E-state index contributed by atoms with van der Waals surface area (Å²) in [5.74, 6) is 0.168. The first kappa shape index (κ1) is 14.4. The van der Waals surface area contributed by atoms with E-state index in [9.17, 15) is 4.79 Å². The Kier molecular flexibility index (Phi) is 3.61. The van der Waals surface area contributed by atoms with E-state index in [0.717, 1.165) is 41.2 Å². The van der Waals surface area contributed by atoms with E-state index < -0.39 is 0 Å². The Balaban J connectivity index is 1.44. The number of amides is 1. The highest BCUT2D eigenvalue weighted by atomic mass is 32.1. The summed E-state index contributed by atoms with van der Waals surface area (Å²) >= 11 is 1.70. The fourth-order valence-electron chi connectivity index (χ4n) is 2.98. The Bertz CT molecular complexity index is 833. The van der Waals surface area contributed by atoms with Crippen LogP contribution in [0.15, 0.2) is 30.5 Å². The lowest BCUT2D eigenvalue weighted by Gasteiger charge is -2.09. The highest BCUT2D eigenvalue weighted by Gasteiger charge is 2.21. The second-order valence-electron chi connectivity index (χ2n) is 5.96. The third-order valence-electron chi connectivity index (χ3n) is 4.28. The van der Waals surface area contributed by atoms with Crippen LogP contribution >= 0.6 is 11.3 Å². The SMILES string of the molecule is CC(CNC(=O)c1cnn2c1CCC2)c1nc2ccccc2s1. The lowest BCUT2D eigenvalue weighted by Crippen LogP contribution is -2.28. The van der Waals surface area contributed by atoms with E-state index in [1.54, 1.807) is 17.5 Å². The zero-order chi connectivity index (χ0) is 15.8. The molecule has 0 spiro atoms. The zero-order valence-electron chi connectivity index (χ0n) is 13.0. The number of aryl methyl sites for hydroxylation is 1. The summed E-state index contributed by atoms with van der Waals surface area (Å²) in [6.07, 6.45) is 3.70. The van der Waals surface area contributed by atoms with Crippen LogP contribution in [-0.4, -0.2) is 27.2 Å². The van der Waals surface area contributed by atoms with E-state index in [-0.39, 0.29) is 11.8 Å². The van der Waals surface area contributed by atoms with Gasteiger partial charge in [-0.05, 0) is 25.0 Å². The molecule has 3 aromatic rings. The van der Waals surface area contributed by atoms with Gasteiger partial charge in [0.05, 0.1) is 32.7 Å². The molecular formula is C17H18N4OS. The second kappa shape index (κ2) is 5.77. The Hall–Kier alpha value is -2.21. The van der Waals surface area contributed by atoms with Gasteiger partial charge in [0.2, 0.25) is 0 Å². The minimum Gasteiger partial charge on any atom is -0.351 e. The smallest absolute Gasteiger partial charge is 0.254 e. The molecule has 3 heterocycles. The first-order valence-corrected chi connectivity index (χ1v) is 8.72. The van der Waals surface area contributed by atoms with Crippen molar-refractivity contribution in [1.82, 2.24) is 20.1 Å². The van der Waals surface area contributed by atoms with E-state index in [0.29, 0.717) is 6.54 Å². The van der Waals surface area contributed by atoms with Gasteiger partial charge in [-0.25, -0.2) is 4.98 Å².